The van der Waals surface area contributed by atoms with E-state index in [0.717, 1.165) is 17.7 Å². The Bertz CT molecular complexity index is 616. The standard InChI is InChI=1S/C13H20N4O2S/c1-10-12(9-14-11-5-6-11)13(16-15-10)20(18,19)17-7-3-2-4-8-17/h2-3,11,14H,4-9H2,1H3,(H,15,16). The predicted molar refractivity (Wildman–Crippen MR) is 75.7 cm³/mol. The zero-order valence-corrected chi connectivity index (χ0v) is 12.4. The molecule has 1 aromatic heterocycles. The van der Waals surface area contributed by atoms with E-state index < -0.39 is 10.0 Å². The summed E-state index contributed by atoms with van der Waals surface area (Å²) >= 11 is 0. The van der Waals surface area contributed by atoms with Crippen molar-refractivity contribution in [1.29, 1.82) is 0 Å². The van der Waals surface area contributed by atoms with E-state index in [9.17, 15) is 8.42 Å². The van der Waals surface area contributed by atoms with Crippen molar-refractivity contribution in [3.05, 3.63) is 23.4 Å². The number of sulfonamides is 1. The van der Waals surface area contributed by atoms with Crippen LogP contribution in [0.25, 0.3) is 0 Å². The Hall–Kier alpha value is -1.18. The minimum Gasteiger partial charge on any atom is -0.310 e. The molecule has 1 fully saturated rings. The van der Waals surface area contributed by atoms with Gasteiger partial charge in [-0.05, 0) is 26.2 Å². The van der Waals surface area contributed by atoms with Crippen LogP contribution in [-0.2, 0) is 16.6 Å². The second kappa shape index (κ2) is 5.31. The van der Waals surface area contributed by atoms with E-state index in [-0.39, 0.29) is 5.03 Å². The molecule has 0 bridgehead atoms. The van der Waals surface area contributed by atoms with Gasteiger partial charge in [0.25, 0.3) is 10.0 Å². The van der Waals surface area contributed by atoms with Crippen molar-refractivity contribution in [1.82, 2.24) is 19.8 Å². The smallest absolute Gasteiger partial charge is 0.263 e. The van der Waals surface area contributed by atoms with Gasteiger partial charge in [0.2, 0.25) is 0 Å². The number of nitrogens with one attached hydrogen (secondary N) is 2. The molecule has 20 heavy (non-hydrogen) atoms. The number of nitrogens with zero attached hydrogens (tertiary/aromatic N) is 2. The van der Waals surface area contributed by atoms with Gasteiger partial charge < -0.3 is 5.32 Å². The Morgan fingerprint density at radius 3 is 2.90 bits per heavy atom. The van der Waals surface area contributed by atoms with Crippen LogP contribution in [0.1, 0.15) is 30.5 Å². The summed E-state index contributed by atoms with van der Waals surface area (Å²) in [5, 5.41) is 10.4. The maximum atomic E-state index is 12.7. The summed E-state index contributed by atoms with van der Waals surface area (Å²) < 4.78 is 26.8. The molecular weight excluding hydrogens is 276 g/mol. The molecule has 0 amide bonds. The number of aromatic amines is 1. The van der Waals surface area contributed by atoms with Crippen LogP contribution in [0.5, 0.6) is 0 Å². The average Bonchev–Trinajstić information content (AvgIpc) is 3.20. The summed E-state index contributed by atoms with van der Waals surface area (Å²) in [6, 6.07) is 0.540. The number of rotatable bonds is 5. The lowest BCUT2D eigenvalue weighted by molar-refractivity contribution is 0.434. The zero-order chi connectivity index (χ0) is 14.2. The van der Waals surface area contributed by atoms with Gasteiger partial charge >= 0.3 is 0 Å². The first-order valence-corrected chi connectivity index (χ1v) is 8.45. The van der Waals surface area contributed by atoms with Gasteiger partial charge in [-0.15, -0.1) is 0 Å². The molecule has 1 aliphatic carbocycles. The van der Waals surface area contributed by atoms with Crippen molar-refractivity contribution >= 4 is 10.0 Å². The van der Waals surface area contributed by atoms with E-state index in [1.165, 1.54) is 17.1 Å². The first-order valence-electron chi connectivity index (χ1n) is 7.01. The Balaban J connectivity index is 1.85. The Morgan fingerprint density at radius 2 is 2.25 bits per heavy atom. The third-order valence-corrected chi connectivity index (χ3v) is 5.62. The van der Waals surface area contributed by atoms with E-state index in [1.54, 1.807) is 0 Å². The highest BCUT2D eigenvalue weighted by Gasteiger charge is 2.31. The van der Waals surface area contributed by atoms with Crippen LogP contribution < -0.4 is 5.32 Å². The molecule has 3 rings (SSSR count). The fourth-order valence-electron chi connectivity index (χ4n) is 2.35. The Labute approximate surface area is 119 Å². The van der Waals surface area contributed by atoms with Crippen LogP contribution in [0.2, 0.25) is 0 Å². The minimum atomic E-state index is -3.50. The molecule has 0 atom stereocenters. The van der Waals surface area contributed by atoms with E-state index in [4.69, 9.17) is 0 Å². The molecule has 2 heterocycles. The second-order valence-corrected chi connectivity index (χ2v) is 7.26. The average molecular weight is 296 g/mol. The minimum absolute atomic E-state index is 0.179. The lowest BCUT2D eigenvalue weighted by Crippen LogP contribution is -2.35. The molecule has 7 heteroatoms. The SMILES string of the molecule is Cc1[nH]nc(S(=O)(=O)N2CC=CCC2)c1CNC1CC1. The predicted octanol–water partition coefficient (Wildman–Crippen LogP) is 0.921. The molecular formula is C13H20N4O2S. The highest BCUT2D eigenvalue weighted by atomic mass is 32.2. The van der Waals surface area contributed by atoms with Gasteiger partial charge in [-0.25, -0.2) is 8.42 Å². The third kappa shape index (κ3) is 2.65. The van der Waals surface area contributed by atoms with Crippen molar-refractivity contribution in [3.8, 4) is 0 Å². The molecule has 1 aromatic rings. The molecule has 1 saturated carbocycles. The highest BCUT2D eigenvalue weighted by Crippen LogP contribution is 2.24. The van der Waals surface area contributed by atoms with Crippen LogP contribution in [0.4, 0.5) is 0 Å². The Kier molecular flexibility index (Phi) is 3.66. The van der Waals surface area contributed by atoms with E-state index in [0.29, 0.717) is 25.7 Å². The lowest BCUT2D eigenvalue weighted by Gasteiger charge is -2.22. The van der Waals surface area contributed by atoms with Crippen molar-refractivity contribution in [3.63, 3.8) is 0 Å². The monoisotopic (exact) mass is 296 g/mol. The normalized spacial score (nSPS) is 20.4. The highest BCUT2D eigenvalue weighted by molar-refractivity contribution is 7.89. The van der Waals surface area contributed by atoms with Gasteiger partial charge in [0.15, 0.2) is 5.03 Å². The second-order valence-electron chi connectivity index (χ2n) is 5.41. The van der Waals surface area contributed by atoms with E-state index in [1.807, 2.05) is 19.1 Å². The van der Waals surface area contributed by atoms with Gasteiger partial charge in [0.1, 0.15) is 0 Å². The quantitative estimate of drug-likeness (QED) is 0.792. The third-order valence-electron chi connectivity index (χ3n) is 3.79. The molecule has 0 aromatic carbocycles. The molecule has 2 aliphatic rings. The van der Waals surface area contributed by atoms with E-state index in [2.05, 4.69) is 15.5 Å². The van der Waals surface area contributed by atoms with Gasteiger partial charge in [0.05, 0.1) is 0 Å². The van der Waals surface area contributed by atoms with Crippen molar-refractivity contribution in [2.24, 2.45) is 0 Å². The number of hydrogen-bond donors (Lipinski definition) is 2. The summed E-state index contributed by atoms with van der Waals surface area (Å²) in [4.78, 5) is 0. The maximum absolute atomic E-state index is 12.7. The number of aryl methyl sites for hydroxylation is 1. The maximum Gasteiger partial charge on any atom is 0.263 e. The molecule has 0 unspecified atom stereocenters. The van der Waals surface area contributed by atoms with Gasteiger partial charge in [-0.2, -0.15) is 9.40 Å². The number of H-pyrrole nitrogens is 1. The molecule has 1 aliphatic heterocycles. The van der Waals surface area contributed by atoms with Crippen LogP contribution in [-0.4, -0.2) is 42.1 Å². The molecule has 0 spiro atoms. The van der Waals surface area contributed by atoms with Crippen molar-refractivity contribution < 1.29 is 8.42 Å². The van der Waals surface area contributed by atoms with Crippen LogP contribution in [0, 0.1) is 6.92 Å². The van der Waals surface area contributed by atoms with Crippen LogP contribution in [0.3, 0.4) is 0 Å². The molecule has 110 valence electrons. The molecule has 2 N–H and O–H groups in total. The first kappa shape index (κ1) is 13.8. The fourth-order valence-corrected chi connectivity index (χ4v) is 3.92. The summed E-state index contributed by atoms with van der Waals surface area (Å²) in [6.45, 7) is 3.39. The van der Waals surface area contributed by atoms with Crippen molar-refractivity contribution in [2.75, 3.05) is 13.1 Å². The largest absolute Gasteiger partial charge is 0.310 e. The molecule has 0 radical (unpaired) electrons. The summed E-state index contributed by atoms with van der Waals surface area (Å²) in [5.74, 6) is 0. The zero-order valence-electron chi connectivity index (χ0n) is 11.6. The summed E-state index contributed by atoms with van der Waals surface area (Å²) in [7, 11) is -3.50. The van der Waals surface area contributed by atoms with Crippen molar-refractivity contribution in [2.45, 2.75) is 43.8 Å². The fraction of sp³-hybridized carbons (Fsp3) is 0.615. The number of aromatic nitrogens is 2. The summed E-state index contributed by atoms with van der Waals surface area (Å²) in [6.07, 6.45) is 7.02. The van der Waals surface area contributed by atoms with Crippen LogP contribution in [0.15, 0.2) is 17.2 Å². The molecule has 6 nitrogen and oxygen atoms in total. The number of hydrogen-bond acceptors (Lipinski definition) is 4. The topological polar surface area (TPSA) is 78.1 Å². The van der Waals surface area contributed by atoms with Gasteiger partial charge in [0, 0.05) is 36.9 Å². The summed E-state index contributed by atoms with van der Waals surface area (Å²) in [5.41, 5.74) is 1.59. The Morgan fingerprint density at radius 1 is 1.45 bits per heavy atom. The van der Waals surface area contributed by atoms with Gasteiger partial charge in [-0.1, -0.05) is 12.2 Å². The first-order chi connectivity index (χ1) is 9.59. The molecule has 0 saturated heterocycles. The lowest BCUT2D eigenvalue weighted by atomic mass is 10.2. The van der Waals surface area contributed by atoms with Gasteiger partial charge in [-0.3, -0.25) is 5.10 Å². The van der Waals surface area contributed by atoms with E-state index >= 15 is 0 Å². The van der Waals surface area contributed by atoms with Crippen LogP contribution >= 0.6 is 0 Å².